The first kappa shape index (κ1) is 8.99. The van der Waals surface area contributed by atoms with Gasteiger partial charge in [0.2, 0.25) is 0 Å². The van der Waals surface area contributed by atoms with Gasteiger partial charge >= 0.3 is 6.68 Å². The van der Waals surface area contributed by atoms with Crippen molar-refractivity contribution in [1.82, 2.24) is 0 Å². The zero-order valence-electron chi connectivity index (χ0n) is 2.03. The molecule has 0 bridgehead atoms. The first-order valence-electron chi connectivity index (χ1n) is 0.655. The van der Waals surface area contributed by atoms with E-state index in [1.807, 2.05) is 0 Å². The second-order valence-electron chi connectivity index (χ2n) is 0.247. The minimum absolute atomic E-state index is 0. The smallest absolute Gasteiger partial charge is 0.174 e. The largest absolute Gasteiger partial charge is 0.379 e. The molecule has 0 aliphatic rings. The second-order valence-corrected chi connectivity index (χ2v) is 0.247. The molecule has 0 fully saturated rings. The Morgan fingerprint density at radius 1 is 1.00 bits per heavy atom. The fourth-order valence-electron chi connectivity index (χ4n) is 0. The van der Waals surface area contributed by atoms with Crippen molar-refractivity contribution in [2.75, 3.05) is 0 Å². The minimum Gasteiger partial charge on any atom is -0.174 e. The van der Waals surface area contributed by atoms with Crippen molar-refractivity contribution in [2.24, 2.45) is 0 Å². The summed E-state index contributed by atoms with van der Waals surface area (Å²) in [6, 6.07) is 0. The van der Waals surface area contributed by atoms with Gasteiger partial charge in [-0.2, -0.15) is 13.2 Å². The fraction of sp³-hybridized carbons (Fsp3) is 1.00. The Hall–Kier alpha value is 0.284. The summed E-state index contributed by atoms with van der Waals surface area (Å²) in [4.78, 5) is 0. The maximum Gasteiger partial charge on any atom is 0.379 e. The van der Waals surface area contributed by atoms with Gasteiger partial charge in [0.25, 0.3) is 0 Å². The van der Waals surface area contributed by atoms with Crippen LogP contribution in [0.15, 0.2) is 0 Å². The maximum absolute atomic E-state index is 9.67. The molecule has 0 spiro atoms. The van der Waals surface area contributed by atoms with E-state index in [0.29, 0.717) is 0 Å². The Morgan fingerprint density at radius 3 is 1.00 bits per heavy atom. The quantitative estimate of drug-likeness (QED) is 0.430. The topological polar surface area (TPSA) is 0 Å². The van der Waals surface area contributed by atoms with Gasteiger partial charge in [-0.3, -0.25) is 0 Å². The van der Waals surface area contributed by atoms with Crippen LogP contribution in [0, 0.1) is 0 Å². The van der Waals surface area contributed by atoms with E-state index in [-0.39, 0.29) is 16.5 Å². The summed E-state index contributed by atoms with van der Waals surface area (Å²) < 4.78 is 29.0. The molecule has 36 valence electrons. The molecule has 0 unspecified atom stereocenters. The molecule has 0 nitrogen and oxygen atoms in total. The summed E-state index contributed by atoms with van der Waals surface area (Å²) in [5.74, 6) is 0. The van der Waals surface area contributed by atoms with Crippen LogP contribution in [0.5, 0.6) is 0 Å². The molecule has 4 heteroatoms. The Morgan fingerprint density at radius 2 is 1.00 bits per heavy atom. The van der Waals surface area contributed by atoms with Crippen LogP contribution in [-0.2, 0) is 16.5 Å². The zero-order chi connectivity index (χ0) is 3.58. The molecule has 0 rings (SSSR count). The molecule has 0 saturated heterocycles. The van der Waals surface area contributed by atoms with Gasteiger partial charge in [0, 0.05) is 16.5 Å². The van der Waals surface area contributed by atoms with E-state index in [0.717, 1.165) is 0 Å². The Balaban J connectivity index is 0. The third-order valence-electron chi connectivity index (χ3n) is 0. The van der Waals surface area contributed by atoms with Crippen molar-refractivity contribution in [1.29, 1.82) is 0 Å². The summed E-state index contributed by atoms with van der Waals surface area (Å²) in [5.41, 5.74) is 0. The average Bonchev–Trinajstić information content (AvgIpc) is 0.811. The SMILES string of the molecule is FC(F)F.[Ni]. The van der Waals surface area contributed by atoms with Crippen LogP contribution in [0.4, 0.5) is 13.2 Å². The van der Waals surface area contributed by atoms with Gasteiger partial charge < -0.3 is 0 Å². The van der Waals surface area contributed by atoms with E-state index in [9.17, 15) is 13.2 Å². The third-order valence-corrected chi connectivity index (χ3v) is 0. The van der Waals surface area contributed by atoms with Crippen molar-refractivity contribution in [3.63, 3.8) is 0 Å². The van der Waals surface area contributed by atoms with Gasteiger partial charge in [-0.05, 0) is 0 Å². The molecule has 0 aliphatic heterocycles. The molecule has 0 atom stereocenters. The van der Waals surface area contributed by atoms with E-state index < -0.39 is 6.68 Å². The van der Waals surface area contributed by atoms with Crippen LogP contribution in [0.2, 0.25) is 0 Å². The van der Waals surface area contributed by atoms with Crippen molar-refractivity contribution < 1.29 is 29.7 Å². The van der Waals surface area contributed by atoms with Crippen LogP contribution >= 0.6 is 0 Å². The zero-order valence-corrected chi connectivity index (χ0v) is 3.02. The van der Waals surface area contributed by atoms with Crippen LogP contribution in [0.3, 0.4) is 0 Å². The third kappa shape index (κ3) is 278. The van der Waals surface area contributed by atoms with Crippen molar-refractivity contribution >= 4 is 0 Å². The summed E-state index contributed by atoms with van der Waals surface area (Å²) in [6.45, 7) is -3.67. The van der Waals surface area contributed by atoms with Gasteiger partial charge in [-0.1, -0.05) is 0 Å². The summed E-state index contributed by atoms with van der Waals surface area (Å²) in [6.07, 6.45) is 0. The standard InChI is InChI=1S/CHF3.Ni/c2-1(3)4;/h1H;. The fourth-order valence-corrected chi connectivity index (χ4v) is 0. The van der Waals surface area contributed by atoms with Gasteiger partial charge in [0.05, 0.1) is 0 Å². The number of hydrogen-bond acceptors (Lipinski definition) is 0. The van der Waals surface area contributed by atoms with Crippen molar-refractivity contribution in [3.8, 4) is 0 Å². The number of alkyl halides is 3. The molecule has 0 aliphatic carbocycles. The Kier molecular flexibility index (Phi) is 7.70. The molecule has 0 amide bonds. The van der Waals surface area contributed by atoms with Gasteiger partial charge in [-0.15, -0.1) is 0 Å². The van der Waals surface area contributed by atoms with Crippen molar-refractivity contribution in [3.05, 3.63) is 0 Å². The van der Waals surface area contributed by atoms with E-state index in [1.165, 1.54) is 0 Å². The summed E-state index contributed by atoms with van der Waals surface area (Å²) in [5, 5.41) is 0. The molecule has 0 aromatic rings. The van der Waals surface area contributed by atoms with E-state index >= 15 is 0 Å². The van der Waals surface area contributed by atoms with Crippen LogP contribution in [-0.4, -0.2) is 6.68 Å². The molecule has 0 saturated carbocycles. The van der Waals surface area contributed by atoms with E-state index in [4.69, 9.17) is 0 Å². The first-order chi connectivity index (χ1) is 1.73. The number of halogens is 3. The normalized spacial score (nSPS) is 7.20. The van der Waals surface area contributed by atoms with E-state index in [1.54, 1.807) is 0 Å². The van der Waals surface area contributed by atoms with Gasteiger partial charge in [0.1, 0.15) is 0 Å². The molecular formula is CHF3Ni. The van der Waals surface area contributed by atoms with Crippen LogP contribution in [0.25, 0.3) is 0 Å². The maximum atomic E-state index is 9.67. The van der Waals surface area contributed by atoms with Gasteiger partial charge in [0.15, 0.2) is 0 Å². The average molecular weight is 129 g/mol. The molecule has 0 heterocycles. The predicted octanol–water partition coefficient (Wildman–Crippen LogP) is 1.18. The number of rotatable bonds is 0. The number of hydrogen-bond donors (Lipinski definition) is 0. The van der Waals surface area contributed by atoms with E-state index in [2.05, 4.69) is 0 Å². The monoisotopic (exact) mass is 128 g/mol. The van der Waals surface area contributed by atoms with Crippen LogP contribution < -0.4 is 0 Å². The molecule has 0 aromatic carbocycles. The molecule has 0 aromatic heterocycles. The first-order valence-corrected chi connectivity index (χ1v) is 0.655. The Bertz CT molecular complexity index is 11.6. The van der Waals surface area contributed by atoms with Gasteiger partial charge in [-0.25, -0.2) is 0 Å². The summed E-state index contributed by atoms with van der Waals surface area (Å²) in [7, 11) is 0. The minimum atomic E-state index is -3.67. The van der Waals surface area contributed by atoms with Crippen molar-refractivity contribution in [2.45, 2.75) is 6.68 Å². The Labute approximate surface area is 37.3 Å². The molecular weight excluding hydrogens is 128 g/mol. The molecule has 0 radical (unpaired) electrons. The molecule has 0 N–H and O–H groups in total. The second kappa shape index (κ2) is 4.28. The van der Waals surface area contributed by atoms with Crippen LogP contribution in [0.1, 0.15) is 0 Å². The predicted molar refractivity (Wildman–Crippen MR) is 7.11 cm³/mol. The summed E-state index contributed by atoms with van der Waals surface area (Å²) >= 11 is 0. The molecule has 5 heavy (non-hydrogen) atoms.